The van der Waals surface area contributed by atoms with Gasteiger partial charge in [-0.2, -0.15) is 0 Å². The molecule has 0 aromatic carbocycles. The standard InChI is InChI=1S/C16H30O/c1-11-5-6-14(4)16(17,10-11)15-8-12(2)7-13(3)9-15/h11-15,17H,5-10H2,1-4H3. The van der Waals surface area contributed by atoms with Gasteiger partial charge in [0, 0.05) is 0 Å². The molecule has 2 rings (SSSR count). The quantitative estimate of drug-likeness (QED) is 0.724. The highest BCUT2D eigenvalue weighted by Crippen LogP contribution is 2.48. The van der Waals surface area contributed by atoms with Crippen LogP contribution in [0, 0.1) is 29.6 Å². The molecule has 0 saturated heterocycles. The Labute approximate surface area is 107 Å². The minimum absolute atomic E-state index is 0.361. The summed E-state index contributed by atoms with van der Waals surface area (Å²) in [5.41, 5.74) is -0.361. The molecule has 0 spiro atoms. The summed E-state index contributed by atoms with van der Waals surface area (Å²) in [6, 6.07) is 0. The second-order valence-corrected chi connectivity index (χ2v) is 7.39. The van der Waals surface area contributed by atoms with Gasteiger partial charge >= 0.3 is 0 Å². The summed E-state index contributed by atoms with van der Waals surface area (Å²) in [7, 11) is 0. The van der Waals surface area contributed by atoms with Gasteiger partial charge in [0.1, 0.15) is 0 Å². The molecule has 0 amide bonds. The Kier molecular flexibility index (Phi) is 3.87. The highest BCUT2D eigenvalue weighted by molar-refractivity contribution is 4.97. The first-order valence-electron chi connectivity index (χ1n) is 7.64. The maximum atomic E-state index is 11.2. The Hall–Kier alpha value is -0.0400. The summed E-state index contributed by atoms with van der Waals surface area (Å²) in [5.74, 6) is 3.37. The second kappa shape index (κ2) is 4.91. The Morgan fingerprint density at radius 2 is 1.41 bits per heavy atom. The summed E-state index contributed by atoms with van der Waals surface area (Å²) in [6.45, 7) is 9.31. The molecule has 0 aromatic rings. The van der Waals surface area contributed by atoms with Crippen molar-refractivity contribution < 1.29 is 5.11 Å². The third-order valence-electron chi connectivity index (χ3n) is 5.51. The molecule has 2 saturated carbocycles. The Balaban J connectivity index is 2.12. The van der Waals surface area contributed by atoms with Gasteiger partial charge in [0.2, 0.25) is 0 Å². The van der Waals surface area contributed by atoms with E-state index in [2.05, 4.69) is 27.7 Å². The zero-order valence-corrected chi connectivity index (χ0v) is 12.1. The van der Waals surface area contributed by atoms with Crippen molar-refractivity contribution in [3.63, 3.8) is 0 Å². The van der Waals surface area contributed by atoms with Crippen molar-refractivity contribution in [2.24, 2.45) is 29.6 Å². The van der Waals surface area contributed by atoms with Crippen LogP contribution in [0.3, 0.4) is 0 Å². The smallest absolute Gasteiger partial charge is 0.0703 e. The number of hydrogen-bond donors (Lipinski definition) is 1. The van der Waals surface area contributed by atoms with E-state index >= 15 is 0 Å². The maximum absolute atomic E-state index is 11.2. The first-order valence-corrected chi connectivity index (χ1v) is 7.64. The van der Waals surface area contributed by atoms with Crippen molar-refractivity contribution in [2.75, 3.05) is 0 Å². The van der Waals surface area contributed by atoms with E-state index in [9.17, 15) is 5.11 Å². The molecule has 0 radical (unpaired) electrons. The first kappa shape index (κ1) is 13.4. The molecule has 2 aliphatic rings. The van der Waals surface area contributed by atoms with Gasteiger partial charge in [0.15, 0.2) is 0 Å². The van der Waals surface area contributed by atoms with Crippen molar-refractivity contribution in [1.82, 2.24) is 0 Å². The van der Waals surface area contributed by atoms with Crippen LogP contribution in [0.2, 0.25) is 0 Å². The number of aliphatic hydroxyl groups is 1. The van der Waals surface area contributed by atoms with E-state index in [1.807, 2.05) is 0 Å². The summed E-state index contributed by atoms with van der Waals surface area (Å²) >= 11 is 0. The molecule has 1 nitrogen and oxygen atoms in total. The van der Waals surface area contributed by atoms with Crippen LogP contribution in [-0.4, -0.2) is 10.7 Å². The normalized spacial score (nSPS) is 52.4. The Bertz CT molecular complexity index is 252. The van der Waals surface area contributed by atoms with E-state index in [0.29, 0.717) is 17.8 Å². The van der Waals surface area contributed by atoms with Crippen molar-refractivity contribution in [3.05, 3.63) is 0 Å². The molecule has 1 heteroatoms. The Morgan fingerprint density at radius 3 is 2.00 bits per heavy atom. The van der Waals surface area contributed by atoms with Crippen molar-refractivity contribution in [2.45, 2.75) is 71.8 Å². The minimum Gasteiger partial charge on any atom is -0.389 e. The monoisotopic (exact) mass is 238 g/mol. The van der Waals surface area contributed by atoms with Crippen LogP contribution >= 0.6 is 0 Å². The van der Waals surface area contributed by atoms with Crippen LogP contribution in [0.5, 0.6) is 0 Å². The molecule has 17 heavy (non-hydrogen) atoms. The fourth-order valence-electron chi connectivity index (χ4n) is 4.57. The molecule has 5 unspecified atom stereocenters. The van der Waals surface area contributed by atoms with Gasteiger partial charge in [0.25, 0.3) is 0 Å². The lowest BCUT2D eigenvalue weighted by Crippen LogP contribution is -2.50. The van der Waals surface area contributed by atoms with E-state index in [-0.39, 0.29) is 5.60 Å². The highest BCUT2D eigenvalue weighted by atomic mass is 16.3. The molecular formula is C16H30O. The molecule has 5 atom stereocenters. The molecule has 0 aliphatic heterocycles. The molecule has 0 bridgehead atoms. The summed E-state index contributed by atoms with van der Waals surface area (Å²) < 4.78 is 0. The van der Waals surface area contributed by atoms with Gasteiger partial charge in [-0.3, -0.25) is 0 Å². The third-order valence-corrected chi connectivity index (χ3v) is 5.51. The van der Waals surface area contributed by atoms with Crippen molar-refractivity contribution in [1.29, 1.82) is 0 Å². The molecule has 0 aromatic heterocycles. The molecule has 2 aliphatic carbocycles. The minimum atomic E-state index is -0.361. The fourth-order valence-corrected chi connectivity index (χ4v) is 4.57. The van der Waals surface area contributed by atoms with Gasteiger partial charge in [-0.1, -0.05) is 34.1 Å². The highest BCUT2D eigenvalue weighted by Gasteiger charge is 2.46. The van der Waals surface area contributed by atoms with E-state index in [4.69, 9.17) is 0 Å². The largest absolute Gasteiger partial charge is 0.389 e. The summed E-state index contributed by atoms with van der Waals surface area (Å²) in [4.78, 5) is 0. The van der Waals surface area contributed by atoms with Crippen LogP contribution < -0.4 is 0 Å². The van der Waals surface area contributed by atoms with E-state index in [0.717, 1.165) is 18.3 Å². The number of hydrogen-bond acceptors (Lipinski definition) is 1. The second-order valence-electron chi connectivity index (χ2n) is 7.39. The predicted molar refractivity (Wildman–Crippen MR) is 72.8 cm³/mol. The lowest BCUT2D eigenvalue weighted by molar-refractivity contribution is -0.120. The number of rotatable bonds is 1. The van der Waals surface area contributed by atoms with Gasteiger partial charge in [-0.15, -0.1) is 0 Å². The molecular weight excluding hydrogens is 208 g/mol. The van der Waals surface area contributed by atoms with Crippen LogP contribution in [-0.2, 0) is 0 Å². The van der Waals surface area contributed by atoms with Gasteiger partial charge in [-0.25, -0.2) is 0 Å². The van der Waals surface area contributed by atoms with E-state index in [1.54, 1.807) is 0 Å². The van der Waals surface area contributed by atoms with Crippen LogP contribution in [0.15, 0.2) is 0 Å². The average Bonchev–Trinajstić information content (AvgIpc) is 2.22. The topological polar surface area (TPSA) is 20.2 Å². The SMILES string of the molecule is CC1CC(C)CC(C2(O)CC(C)CCC2C)C1. The maximum Gasteiger partial charge on any atom is 0.0703 e. The summed E-state index contributed by atoms with van der Waals surface area (Å²) in [5, 5.41) is 11.2. The molecule has 100 valence electrons. The fraction of sp³-hybridized carbons (Fsp3) is 1.00. The van der Waals surface area contributed by atoms with Crippen LogP contribution in [0.4, 0.5) is 0 Å². The van der Waals surface area contributed by atoms with E-state index < -0.39 is 0 Å². The summed E-state index contributed by atoms with van der Waals surface area (Å²) in [6.07, 6.45) is 7.42. The van der Waals surface area contributed by atoms with E-state index in [1.165, 1.54) is 32.1 Å². The van der Waals surface area contributed by atoms with Crippen molar-refractivity contribution in [3.8, 4) is 0 Å². The predicted octanol–water partition coefficient (Wildman–Crippen LogP) is 4.25. The molecule has 1 N–H and O–H groups in total. The van der Waals surface area contributed by atoms with Gasteiger partial charge in [-0.05, 0) is 61.7 Å². The first-order chi connectivity index (χ1) is 7.91. The molecule has 2 fully saturated rings. The lowest BCUT2D eigenvalue weighted by atomic mass is 9.60. The van der Waals surface area contributed by atoms with Gasteiger partial charge in [0.05, 0.1) is 5.60 Å². The zero-order chi connectivity index (χ0) is 12.6. The lowest BCUT2D eigenvalue weighted by Gasteiger charge is -2.49. The van der Waals surface area contributed by atoms with Crippen LogP contribution in [0.25, 0.3) is 0 Å². The zero-order valence-electron chi connectivity index (χ0n) is 12.1. The Morgan fingerprint density at radius 1 is 0.824 bits per heavy atom. The van der Waals surface area contributed by atoms with Crippen LogP contribution in [0.1, 0.15) is 66.2 Å². The van der Waals surface area contributed by atoms with Gasteiger partial charge < -0.3 is 5.11 Å². The molecule has 0 heterocycles. The third kappa shape index (κ3) is 2.70. The van der Waals surface area contributed by atoms with Crippen molar-refractivity contribution >= 4 is 0 Å². The average molecular weight is 238 g/mol.